The maximum absolute atomic E-state index is 11.8. The second kappa shape index (κ2) is 5.23. The van der Waals surface area contributed by atoms with Crippen molar-refractivity contribution in [3.63, 3.8) is 0 Å². The van der Waals surface area contributed by atoms with Gasteiger partial charge in [-0.2, -0.15) is 0 Å². The largest absolute Gasteiger partial charge is 0.329 e. The van der Waals surface area contributed by atoms with Crippen LogP contribution in [0.15, 0.2) is 30.3 Å². The molecule has 0 aliphatic heterocycles. The van der Waals surface area contributed by atoms with Gasteiger partial charge in [0.15, 0.2) is 15.6 Å². The summed E-state index contributed by atoms with van der Waals surface area (Å²) in [7, 11) is -3.43. The molecule has 5 heteroatoms. The number of hydrogen-bond donors (Lipinski definition) is 1. The van der Waals surface area contributed by atoms with Crippen molar-refractivity contribution in [2.24, 2.45) is 5.73 Å². The summed E-state index contributed by atoms with van der Waals surface area (Å²) in [6.07, 6.45) is 0. The highest BCUT2D eigenvalue weighted by Gasteiger charge is 2.27. The maximum Gasteiger partial charge on any atom is 0.180 e. The molecule has 4 nitrogen and oxygen atoms in total. The topological polar surface area (TPSA) is 77.2 Å². The molecule has 0 fully saturated rings. The number of Topliss-reactive ketones (excluding diaryl/α,β-unsaturated/α-hetero) is 1. The van der Waals surface area contributed by atoms with E-state index < -0.39 is 15.1 Å². The predicted octanol–water partition coefficient (Wildman–Crippen LogP) is 0.631. The van der Waals surface area contributed by atoms with Crippen molar-refractivity contribution in [2.75, 3.05) is 12.3 Å². The van der Waals surface area contributed by atoms with Crippen molar-refractivity contribution in [3.05, 3.63) is 35.9 Å². The van der Waals surface area contributed by atoms with Crippen LogP contribution in [-0.2, 0) is 9.84 Å². The highest BCUT2D eigenvalue weighted by Crippen LogP contribution is 2.10. The fraction of sp³-hybridized carbons (Fsp3) is 0.364. The van der Waals surface area contributed by atoms with E-state index in [9.17, 15) is 13.2 Å². The molecule has 0 aromatic heterocycles. The zero-order valence-electron chi connectivity index (χ0n) is 9.09. The van der Waals surface area contributed by atoms with E-state index in [-0.39, 0.29) is 18.1 Å². The van der Waals surface area contributed by atoms with Crippen LogP contribution in [0.1, 0.15) is 17.3 Å². The standard InChI is InChI=1S/C11H15NO3S/c1-9(16(14,15)8-7-12)11(13)10-5-3-2-4-6-10/h2-6,9H,7-8,12H2,1H3. The molecule has 0 amide bonds. The average Bonchev–Trinajstić information content (AvgIpc) is 2.28. The minimum absolute atomic E-state index is 0.0365. The van der Waals surface area contributed by atoms with Crippen molar-refractivity contribution in [2.45, 2.75) is 12.2 Å². The van der Waals surface area contributed by atoms with Gasteiger partial charge < -0.3 is 5.73 Å². The fourth-order valence-electron chi connectivity index (χ4n) is 1.34. The summed E-state index contributed by atoms with van der Waals surface area (Å²) >= 11 is 0. The van der Waals surface area contributed by atoms with Crippen LogP contribution in [-0.4, -0.2) is 31.7 Å². The van der Waals surface area contributed by atoms with Gasteiger partial charge in [-0.05, 0) is 6.92 Å². The zero-order chi connectivity index (χ0) is 12.2. The predicted molar refractivity (Wildman–Crippen MR) is 63.1 cm³/mol. The van der Waals surface area contributed by atoms with Crippen molar-refractivity contribution >= 4 is 15.6 Å². The molecule has 0 saturated carbocycles. The Morgan fingerprint density at radius 3 is 2.38 bits per heavy atom. The highest BCUT2D eigenvalue weighted by atomic mass is 32.2. The Hall–Kier alpha value is -1.20. The molecule has 0 bridgehead atoms. The summed E-state index contributed by atoms with van der Waals surface area (Å²) in [6, 6.07) is 8.40. The van der Waals surface area contributed by atoms with E-state index in [2.05, 4.69) is 0 Å². The van der Waals surface area contributed by atoms with Gasteiger partial charge in [0.25, 0.3) is 0 Å². The van der Waals surface area contributed by atoms with E-state index in [0.29, 0.717) is 5.56 Å². The smallest absolute Gasteiger partial charge is 0.180 e. The number of carbonyl (C=O) groups is 1. The van der Waals surface area contributed by atoms with Gasteiger partial charge in [0.1, 0.15) is 5.25 Å². The molecule has 1 unspecified atom stereocenters. The number of sulfone groups is 1. The lowest BCUT2D eigenvalue weighted by molar-refractivity contribution is 0.0991. The Balaban J connectivity index is 2.92. The van der Waals surface area contributed by atoms with E-state index in [1.54, 1.807) is 30.3 Å². The molecule has 0 aliphatic carbocycles. The molecule has 2 N–H and O–H groups in total. The lowest BCUT2D eigenvalue weighted by Gasteiger charge is -2.10. The van der Waals surface area contributed by atoms with Crippen LogP contribution in [0.5, 0.6) is 0 Å². The van der Waals surface area contributed by atoms with Crippen LogP contribution < -0.4 is 5.73 Å². The van der Waals surface area contributed by atoms with Crippen LogP contribution in [0, 0.1) is 0 Å². The second-order valence-electron chi connectivity index (χ2n) is 3.53. The first-order chi connectivity index (χ1) is 7.49. The van der Waals surface area contributed by atoms with Gasteiger partial charge in [-0.3, -0.25) is 4.79 Å². The van der Waals surface area contributed by atoms with E-state index in [1.165, 1.54) is 6.92 Å². The molecule has 0 heterocycles. The van der Waals surface area contributed by atoms with E-state index in [0.717, 1.165) is 0 Å². The number of benzene rings is 1. The summed E-state index contributed by atoms with van der Waals surface area (Å²) in [5.74, 6) is -0.540. The van der Waals surface area contributed by atoms with Gasteiger partial charge in [-0.15, -0.1) is 0 Å². The molecular formula is C11H15NO3S. The van der Waals surface area contributed by atoms with Crippen LogP contribution in [0.4, 0.5) is 0 Å². The number of nitrogens with two attached hydrogens (primary N) is 1. The Labute approximate surface area is 95.4 Å². The quantitative estimate of drug-likeness (QED) is 0.767. The summed E-state index contributed by atoms with van der Waals surface area (Å²) in [4.78, 5) is 11.8. The first kappa shape index (κ1) is 12.9. The van der Waals surface area contributed by atoms with Gasteiger partial charge in [0.05, 0.1) is 5.75 Å². The number of rotatable bonds is 5. The van der Waals surface area contributed by atoms with E-state index in [1.807, 2.05) is 0 Å². The van der Waals surface area contributed by atoms with E-state index in [4.69, 9.17) is 5.73 Å². The molecule has 0 saturated heterocycles. The minimum atomic E-state index is -3.43. The van der Waals surface area contributed by atoms with E-state index >= 15 is 0 Å². The SMILES string of the molecule is CC(C(=O)c1ccccc1)S(=O)(=O)CCN. The molecule has 88 valence electrons. The third kappa shape index (κ3) is 2.90. The van der Waals surface area contributed by atoms with Gasteiger partial charge in [-0.1, -0.05) is 30.3 Å². The van der Waals surface area contributed by atoms with Gasteiger partial charge in [0.2, 0.25) is 0 Å². The van der Waals surface area contributed by atoms with Gasteiger partial charge in [-0.25, -0.2) is 8.42 Å². The summed E-state index contributed by atoms with van der Waals surface area (Å²) in [5.41, 5.74) is 5.61. The molecule has 0 spiro atoms. The molecule has 1 atom stereocenters. The first-order valence-corrected chi connectivity index (χ1v) is 6.71. The normalized spacial score (nSPS) is 13.4. The fourth-order valence-corrected chi connectivity index (χ4v) is 2.49. The van der Waals surface area contributed by atoms with Crippen molar-refractivity contribution in [1.82, 2.24) is 0 Å². The molecule has 0 radical (unpaired) electrons. The zero-order valence-corrected chi connectivity index (χ0v) is 9.91. The lowest BCUT2D eigenvalue weighted by Crippen LogP contribution is -2.32. The van der Waals surface area contributed by atoms with Crippen LogP contribution >= 0.6 is 0 Å². The van der Waals surface area contributed by atoms with Crippen LogP contribution in [0.25, 0.3) is 0 Å². The van der Waals surface area contributed by atoms with Gasteiger partial charge >= 0.3 is 0 Å². The summed E-state index contributed by atoms with van der Waals surface area (Å²) in [6.45, 7) is 1.44. The molecule has 0 aliphatic rings. The Bertz CT molecular complexity index is 453. The van der Waals surface area contributed by atoms with Crippen molar-refractivity contribution in [1.29, 1.82) is 0 Å². The third-order valence-corrected chi connectivity index (χ3v) is 4.46. The number of carbonyl (C=O) groups excluding carboxylic acids is 1. The minimum Gasteiger partial charge on any atom is -0.329 e. The van der Waals surface area contributed by atoms with Crippen LogP contribution in [0.3, 0.4) is 0 Å². The molecule has 1 aromatic rings. The highest BCUT2D eigenvalue weighted by molar-refractivity contribution is 7.92. The Morgan fingerprint density at radius 2 is 1.88 bits per heavy atom. The number of hydrogen-bond acceptors (Lipinski definition) is 4. The average molecular weight is 241 g/mol. The van der Waals surface area contributed by atoms with Crippen molar-refractivity contribution < 1.29 is 13.2 Å². The summed E-state index contributed by atoms with van der Waals surface area (Å²) in [5, 5.41) is -1.03. The lowest BCUT2D eigenvalue weighted by atomic mass is 10.1. The first-order valence-electron chi connectivity index (χ1n) is 5.00. The summed E-state index contributed by atoms with van der Waals surface area (Å²) < 4.78 is 23.3. The Morgan fingerprint density at radius 1 is 1.31 bits per heavy atom. The van der Waals surface area contributed by atoms with Gasteiger partial charge in [0, 0.05) is 12.1 Å². The molecule has 1 rings (SSSR count). The Kier molecular flexibility index (Phi) is 4.20. The monoisotopic (exact) mass is 241 g/mol. The van der Waals surface area contributed by atoms with Crippen LogP contribution in [0.2, 0.25) is 0 Å². The molecule has 16 heavy (non-hydrogen) atoms. The second-order valence-corrected chi connectivity index (χ2v) is 5.97. The molecular weight excluding hydrogens is 226 g/mol. The third-order valence-electron chi connectivity index (χ3n) is 2.37. The maximum atomic E-state index is 11.8. The molecule has 1 aromatic carbocycles. The van der Waals surface area contributed by atoms with Crippen molar-refractivity contribution in [3.8, 4) is 0 Å². The number of ketones is 1.